The third-order valence-corrected chi connectivity index (χ3v) is 5.87. The van der Waals surface area contributed by atoms with Crippen LogP contribution < -0.4 is 5.73 Å². The molecule has 1 fully saturated rings. The van der Waals surface area contributed by atoms with Crippen molar-refractivity contribution in [1.29, 1.82) is 0 Å². The van der Waals surface area contributed by atoms with Crippen molar-refractivity contribution in [2.75, 3.05) is 13.6 Å². The number of ether oxygens (including phenoxy) is 1. The summed E-state index contributed by atoms with van der Waals surface area (Å²) in [5, 5.41) is 6.84. The van der Waals surface area contributed by atoms with E-state index in [-0.39, 0.29) is 24.4 Å². The largest absolute Gasteiger partial charge is 0.364 e. The smallest absolute Gasteiger partial charge is 0.251 e. The zero-order valence-electron chi connectivity index (χ0n) is 16.2. The second-order valence-corrected chi connectivity index (χ2v) is 7.96. The molecule has 1 saturated heterocycles. The summed E-state index contributed by atoms with van der Waals surface area (Å²) in [5.41, 5.74) is 8.58. The maximum absolute atomic E-state index is 12.8. The maximum atomic E-state index is 12.8. The fourth-order valence-corrected chi connectivity index (χ4v) is 4.24. The minimum Gasteiger partial charge on any atom is -0.364 e. The van der Waals surface area contributed by atoms with Gasteiger partial charge in [-0.2, -0.15) is 5.10 Å². The summed E-state index contributed by atoms with van der Waals surface area (Å²) in [6.07, 6.45) is 3.17. The van der Waals surface area contributed by atoms with Gasteiger partial charge in [-0.1, -0.05) is 24.3 Å². The minimum absolute atomic E-state index is 0. The molecule has 1 aliphatic heterocycles. The molecule has 0 radical (unpaired) electrons. The summed E-state index contributed by atoms with van der Waals surface area (Å²) in [7, 11) is 1.82. The Morgan fingerprint density at radius 3 is 2.72 bits per heavy atom. The van der Waals surface area contributed by atoms with E-state index in [0.29, 0.717) is 13.1 Å². The van der Waals surface area contributed by atoms with Gasteiger partial charge in [0.1, 0.15) is 11.8 Å². The molecule has 0 saturated carbocycles. The molecule has 0 aliphatic carbocycles. The van der Waals surface area contributed by atoms with Crippen LogP contribution in [0.5, 0.6) is 0 Å². The van der Waals surface area contributed by atoms with Crippen molar-refractivity contribution in [2.24, 2.45) is 5.73 Å². The lowest BCUT2D eigenvalue weighted by molar-refractivity contribution is -0.141. The molecule has 154 valence electrons. The molecule has 2 aromatic heterocycles. The minimum atomic E-state index is -0.395. The van der Waals surface area contributed by atoms with Gasteiger partial charge in [-0.25, -0.2) is 4.68 Å². The van der Waals surface area contributed by atoms with Gasteiger partial charge in [-0.3, -0.25) is 4.79 Å². The highest BCUT2D eigenvalue weighted by Crippen LogP contribution is 2.29. The quantitative estimate of drug-likeness (QED) is 0.647. The molecule has 1 amide bonds. The number of likely N-dealkylation sites (N-methyl/N-ethyl adjacent to an activating group) is 1. The van der Waals surface area contributed by atoms with E-state index in [4.69, 9.17) is 15.6 Å². The predicted molar refractivity (Wildman–Crippen MR) is 118 cm³/mol. The van der Waals surface area contributed by atoms with Crippen LogP contribution >= 0.6 is 23.7 Å². The van der Waals surface area contributed by atoms with Crippen molar-refractivity contribution in [3.63, 3.8) is 0 Å². The van der Waals surface area contributed by atoms with Crippen molar-refractivity contribution in [3.05, 3.63) is 59.6 Å². The van der Waals surface area contributed by atoms with Crippen molar-refractivity contribution in [1.82, 2.24) is 14.7 Å². The summed E-state index contributed by atoms with van der Waals surface area (Å²) in [4.78, 5) is 15.6. The van der Waals surface area contributed by atoms with Crippen molar-refractivity contribution >= 4 is 29.7 Å². The summed E-state index contributed by atoms with van der Waals surface area (Å²) in [5.74, 6) is 0.000501. The number of para-hydroxylation sites is 1. The van der Waals surface area contributed by atoms with E-state index in [9.17, 15) is 4.79 Å². The van der Waals surface area contributed by atoms with Gasteiger partial charge < -0.3 is 15.4 Å². The van der Waals surface area contributed by atoms with E-state index in [2.05, 4.69) is 6.07 Å². The lowest BCUT2D eigenvalue weighted by Gasteiger charge is -2.21. The topological polar surface area (TPSA) is 73.4 Å². The number of thiophene rings is 1. The number of benzene rings is 1. The normalized spacial score (nSPS) is 18.4. The van der Waals surface area contributed by atoms with Crippen LogP contribution in [0.4, 0.5) is 0 Å². The molecule has 4 rings (SSSR count). The third-order valence-electron chi connectivity index (χ3n) is 4.99. The Labute approximate surface area is 180 Å². The highest BCUT2D eigenvalue weighted by Gasteiger charge is 2.32. The lowest BCUT2D eigenvalue weighted by atomic mass is 10.1. The van der Waals surface area contributed by atoms with E-state index in [0.717, 1.165) is 34.7 Å². The number of nitrogens with zero attached hydrogens (tertiary/aromatic N) is 3. The summed E-state index contributed by atoms with van der Waals surface area (Å²) < 4.78 is 7.65. The Bertz CT molecular complexity index is 930. The molecule has 3 heterocycles. The Kier molecular flexibility index (Phi) is 7.08. The number of amides is 1. The molecule has 29 heavy (non-hydrogen) atoms. The first kappa shape index (κ1) is 21.5. The second kappa shape index (κ2) is 9.54. The fourth-order valence-electron chi connectivity index (χ4n) is 3.50. The van der Waals surface area contributed by atoms with E-state index in [1.54, 1.807) is 16.2 Å². The molecule has 0 unspecified atom stereocenters. The first-order valence-electron chi connectivity index (χ1n) is 9.44. The van der Waals surface area contributed by atoms with Gasteiger partial charge in [0.05, 0.1) is 16.7 Å². The van der Waals surface area contributed by atoms with Crippen molar-refractivity contribution in [3.8, 4) is 16.3 Å². The number of halogens is 1. The number of aromatic nitrogens is 2. The third kappa shape index (κ3) is 4.70. The van der Waals surface area contributed by atoms with Crippen LogP contribution in [-0.4, -0.2) is 46.4 Å². The highest BCUT2D eigenvalue weighted by molar-refractivity contribution is 7.13. The molecule has 1 aromatic carbocycles. The monoisotopic (exact) mass is 432 g/mol. The molecule has 0 spiro atoms. The number of hydrogen-bond donors (Lipinski definition) is 1. The number of hydrogen-bond acceptors (Lipinski definition) is 5. The Balaban J connectivity index is 0.00000240. The van der Waals surface area contributed by atoms with E-state index in [1.807, 2.05) is 59.7 Å². The van der Waals surface area contributed by atoms with Crippen LogP contribution in [0.2, 0.25) is 0 Å². The summed E-state index contributed by atoms with van der Waals surface area (Å²) in [6, 6.07) is 14.1. The molecule has 3 aromatic rings. The number of carbonyl (C=O) groups excluding carboxylic acids is 1. The van der Waals surface area contributed by atoms with Crippen LogP contribution in [0.25, 0.3) is 16.3 Å². The maximum Gasteiger partial charge on any atom is 0.251 e. The number of nitrogens with two attached hydrogens (primary N) is 1. The van der Waals surface area contributed by atoms with Crippen molar-refractivity contribution < 1.29 is 9.53 Å². The number of carbonyl (C=O) groups is 1. The van der Waals surface area contributed by atoms with E-state index >= 15 is 0 Å². The van der Waals surface area contributed by atoms with Crippen molar-refractivity contribution in [2.45, 2.75) is 31.6 Å². The second-order valence-electron chi connectivity index (χ2n) is 7.01. The van der Waals surface area contributed by atoms with Gasteiger partial charge >= 0.3 is 0 Å². The standard InChI is InChI=1S/C21H24N4O2S.ClH/c1-24(21(26)18-10-9-17(12-22)27-18)13-15-14-25(16-6-3-2-4-7-16)23-20(15)19-8-5-11-28-19;/h2-8,11,14,17-18H,9-10,12-13,22H2,1H3;1H/t17-,18+;/m1./s1. The van der Waals surface area contributed by atoms with E-state index < -0.39 is 6.10 Å². The molecule has 6 nitrogen and oxygen atoms in total. The highest BCUT2D eigenvalue weighted by atomic mass is 35.5. The van der Waals surface area contributed by atoms with Gasteiger partial charge in [-0.15, -0.1) is 23.7 Å². The van der Waals surface area contributed by atoms with Gasteiger partial charge in [-0.05, 0) is 36.4 Å². The fraction of sp³-hybridized carbons (Fsp3) is 0.333. The van der Waals surface area contributed by atoms with Gasteiger partial charge in [0.25, 0.3) is 5.91 Å². The molecular weight excluding hydrogens is 408 g/mol. The van der Waals surface area contributed by atoms with Crippen LogP contribution in [0.3, 0.4) is 0 Å². The summed E-state index contributed by atoms with van der Waals surface area (Å²) in [6.45, 7) is 0.936. The Hall–Kier alpha value is -2.19. The lowest BCUT2D eigenvalue weighted by Crippen LogP contribution is -2.36. The van der Waals surface area contributed by atoms with Crippen LogP contribution in [-0.2, 0) is 16.1 Å². The van der Waals surface area contributed by atoms with Crippen LogP contribution in [0.1, 0.15) is 18.4 Å². The van der Waals surface area contributed by atoms with Crippen LogP contribution in [0, 0.1) is 0 Å². The average molecular weight is 433 g/mol. The summed E-state index contributed by atoms with van der Waals surface area (Å²) >= 11 is 1.64. The van der Waals surface area contributed by atoms with E-state index in [1.165, 1.54) is 0 Å². The predicted octanol–water partition coefficient (Wildman–Crippen LogP) is 3.49. The van der Waals surface area contributed by atoms with Crippen LogP contribution in [0.15, 0.2) is 54.0 Å². The first-order valence-corrected chi connectivity index (χ1v) is 10.3. The van der Waals surface area contributed by atoms with Gasteiger partial charge in [0.15, 0.2) is 0 Å². The molecule has 1 aliphatic rings. The number of rotatable bonds is 6. The zero-order chi connectivity index (χ0) is 19.5. The van der Waals surface area contributed by atoms with Gasteiger partial charge in [0.2, 0.25) is 0 Å². The van der Waals surface area contributed by atoms with Gasteiger partial charge in [0, 0.05) is 31.9 Å². The molecule has 2 N–H and O–H groups in total. The molecule has 0 bridgehead atoms. The average Bonchev–Trinajstić information content (AvgIpc) is 3.48. The molecule has 2 atom stereocenters. The first-order chi connectivity index (χ1) is 13.7. The molecule has 8 heteroatoms. The zero-order valence-corrected chi connectivity index (χ0v) is 17.9. The SMILES string of the molecule is CN(Cc1cn(-c2ccccc2)nc1-c1cccs1)C(=O)[C@@H]1CC[C@H](CN)O1.Cl. The Morgan fingerprint density at radius 2 is 2.07 bits per heavy atom. The molecular formula is C21H25ClN4O2S. The Morgan fingerprint density at radius 1 is 1.28 bits per heavy atom.